The van der Waals surface area contributed by atoms with Crippen molar-refractivity contribution in [3.05, 3.63) is 0 Å². The standard InChI is InChI=1S/C8H18N2OS/c1-8(2,7(9)10-11)5-4-6-12-3/h11H,4-6H2,1-3H3,(H2,9,10). The van der Waals surface area contributed by atoms with E-state index in [2.05, 4.69) is 11.4 Å². The summed E-state index contributed by atoms with van der Waals surface area (Å²) in [6, 6.07) is 0. The summed E-state index contributed by atoms with van der Waals surface area (Å²) >= 11 is 1.82. The van der Waals surface area contributed by atoms with E-state index in [1.807, 2.05) is 25.6 Å². The van der Waals surface area contributed by atoms with Crippen molar-refractivity contribution in [3.63, 3.8) is 0 Å². The molecular weight excluding hydrogens is 172 g/mol. The minimum atomic E-state index is -0.176. The topological polar surface area (TPSA) is 58.6 Å². The van der Waals surface area contributed by atoms with E-state index in [0.29, 0.717) is 5.84 Å². The van der Waals surface area contributed by atoms with Crippen LogP contribution in [-0.2, 0) is 0 Å². The molecule has 3 nitrogen and oxygen atoms in total. The Kier molecular flexibility index (Phi) is 5.13. The van der Waals surface area contributed by atoms with E-state index in [4.69, 9.17) is 10.9 Å². The Hall–Kier alpha value is -0.380. The van der Waals surface area contributed by atoms with Gasteiger partial charge in [0.2, 0.25) is 0 Å². The summed E-state index contributed by atoms with van der Waals surface area (Å²) in [4.78, 5) is 0. The summed E-state index contributed by atoms with van der Waals surface area (Å²) in [5.74, 6) is 1.45. The second kappa shape index (κ2) is 5.30. The Morgan fingerprint density at radius 1 is 1.58 bits per heavy atom. The van der Waals surface area contributed by atoms with Crippen LogP contribution in [0, 0.1) is 5.41 Å². The molecule has 0 heterocycles. The number of nitrogens with zero attached hydrogens (tertiary/aromatic N) is 1. The van der Waals surface area contributed by atoms with Crippen LogP contribution in [0.2, 0.25) is 0 Å². The maximum Gasteiger partial charge on any atom is 0.144 e. The second-order valence-electron chi connectivity index (χ2n) is 3.47. The molecule has 0 amide bonds. The monoisotopic (exact) mass is 190 g/mol. The van der Waals surface area contributed by atoms with E-state index >= 15 is 0 Å². The van der Waals surface area contributed by atoms with E-state index in [0.717, 1.165) is 18.6 Å². The first-order chi connectivity index (χ1) is 5.54. The fourth-order valence-electron chi connectivity index (χ4n) is 0.922. The van der Waals surface area contributed by atoms with Gasteiger partial charge in [-0.15, -0.1) is 0 Å². The Labute approximate surface area is 78.4 Å². The molecule has 0 spiro atoms. The number of hydrogen-bond acceptors (Lipinski definition) is 3. The molecule has 0 aromatic carbocycles. The van der Waals surface area contributed by atoms with Gasteiger partial charge in [-0.3, -0.25) is 0 Å². The highest BCUT2D eigenvalue weighted by molar-refractivity contribution is 7.98. The van der Waals surface area contributed by atoms with Gasteiger partial charge >= 0.3 is 0 Å². The third kappa shape index (κ3) is 3.85. The molecule has 0 aromatic rings. The first-order valence-corrected chi connectivity index (χ1v) is 5.41. The number of hydrogen-bond donors (Lipinski definition) is 2. The summed E-state index contributed by atoms with van der Waals surface area (Å²) in [7, 11) is 0. The van der Waals surface area contributed by atoms with Gasteiger partial charge in [0, 0.05) is 5.41 Å². The largest absolute Gasteiger partial charge is 0.409 e. The van der Waals surface area contributed by atoms with E-state index < -0.39 is 0 Å². The highest BCUT2D eigenvalue weighted by Crippen LogP contribution is 2.23. The SMILES string of the molecule is CSCCCC(C)(C)C(N)=NO. The number of rotatable bonds is 5. The average Bonchev–Trinajstić information content (AvgIpc) is 2.03. The number of amidine groups is 1. The van der Waals surface area contributed by atoms with Crippen molar-refractivity contribution in [1.82, 2.24) is 0 Å². The molecule has 0 saturated carbocycles. The zero-order valence-corrected chi connectivity index (χ0v) is 8.82. The zero-order valence-electron chi connectivity index (χ0n) is 8.00. The van der Waals surface area contributed by atoms with Gasteiger partial charge in [-0.05, 0) is 24.9 Å². The van der Waals surface area contributed by atoms with Gasteiger partial charge in [-0.2, -0.15) is 11.8 Å². The lowest BCUT2D eigenvalue weighted by Gasteiger charge is -2.22. The van der Waals surface area contributed by atoms with Crippen LogP contribution in [0.1, 0.15) is 26.7 Å². The number of thioether (sulfide) groups is 1. The first-order valence-electron chi connectivity index (χ1n) is 4.01. The molecule has 72 valence electrons. The molecule has 0 aliphatic rings. The number of oxime groups is 1. The van der Waals surface area contributed by atoms with Crippen molar-refractivity contribution in [2.24, 2.45) is 16.3 Å². The van der Waals surface area contributed by atoms with Crippen LogP contribution >= 0.6 is 11.8 Å². The van der Waals surface area contributed by atoms with Crippen molar-refractivity contribution in [3.8, 4) is 0 Å². The van der Waals surface area contributed by atoms with Gasteiger partial charge < -0.3 is 10.9 Å². The van der Waals surface area contributed by atoms with Crippen LogP contribution in [0.15, 0.2) is 5.16 Å². The predicted octanol–water partition coefficient (Wildman–Crippen LogP) is 1.90. The van der Waals surface area contributed by atoms with Gasteiger partial charge in [-0.25, -0.2) is 0 Å². The Balaban J connectivity index is 3.87. The average molecular weight is 190 g/mol. The summed E-state index contributed by atoms with van der Waals surface area (Å²) in [5, 5.41) is 11.5. The molecule has 0 rings (SSSR count). The summed E-state index contributed by atoms with van der Waals surface area (Å²) in [6.45, 7) is 3.98. The van der Waals surface area contributed by atoms with E-state index in [1.54, 1.807) is 0 Å². The molecule has 0 unspecified atom stereocenters. The van der Waals surface area contributed by atoms with Gasteiger partial charge in [-0.1, -0.05) is 19.0 Å². The van der Waals surface area contributed by atoms with Gasteiger partial charge in [0.15, 0.2) is 0 Å². The maximum absolute atomic E-state index is 8.48. The van der Waals surface area contributed by atoms with E-state index in [1.165, 1.54) is 0 Å². The van der Waals surface area contributed by atoms with Crippen molar-refractivity contribution >= 4 is 17.6 Å². The fraction of sp³-hybridized carbons (Fsp3) is 0.875. The third-order valence-corrected chi connectivity index (χ3v) is 2.65. The van der Waals surface area contributed by atoms with Gasteiger partial charge in [0.05, 0.1) is 0 Å². The lowest BCUT2D eigenvalue weighted by molar-refractivity contribution is 0.305. The summed E-state index contributed by atoms with van der Waals surface area (Å²) in [6.07, 6.45) is 4.14. The molecule has 0 fully saturated rings. The molecule has 0 aliphatic carbocycles. The van der Waals surface area contributed by atoms with Crippen molar-refractivity contribution in [2.45, 2.75) is 26.7 Å². The molecule has 12 heavy (non-hydrogen) atoms. The van der Waals surface area contributed by atoms with Gasteiger partial charge in [0.25, 0.3) is 0 Å². The lowest BCUT2D eigenvalue weighted by Crippen LogP contribution is -2.31. The highest BCUT2D eigenvalue weighted by atomic mass is 32.2. The second-order valence-corrected chi connectivity index (χ2v) is 4.45. The smallest absolute Gasteiger partial charge is 0.144 e. The minimum Gasteiger partial charge on any atom is -0.409 e. The van der Waals surface area contributed by atoms with Crippen LogP contribution in [0.5, 0.6) is 0 Å². The summed E-state index contributed by atoms with van der Waals surface area (Å²) in [5.41, 5.74) is 5.35. The lowest BCUT2D eigenvalue weighted by atomic mass is 9.87. The van der Waals surface area contributed by atoms with Crippen LogP contribution in [-0.4, -0.2) is 23.1 Å². The van der Waals surface area contributed by atoms with Crippen LogP contribution in [0.4, 0.5) is 0 Å². The molecule has 0 atom stereocenters. The van der Waals surface area contributed by atoms with Gasteiger partial charge in [0.1, 0.15) is 5.84 Å². The highest BCUT2D eigenvalue weighted by Gasteiger charge is 2.22. The molecule has 4 heteroatoms. The van der Waals surface area contributed by atoms with Crippen molar-refractivity contribution in [2.75, 3.05) is 12.0 Å². The van der Waals surface area contributed by atoms with E-state index in [-0.39, 0.29) is 5.41 Å². The molecule has 0 aromatic heterocycles. The fourth-order valence-corrected chi connectivity index (χ4v) is 1.35. The van der Waals surface area contributed by atoms with Crippen LogP contribution < -0.4 is 5.73 Å². The van der Waals surface area contributed by atoms with Crippen LogP contribution in [0.3, 0.4) is 0 Å². The molecule has 0 bridgehead atoms. The summed E-state index contributed by atoms with van der Waals surface area (Å²) < 4.78 is 0. The molecule has 0 radical (unpaired) electrons. The first kappa shape index (κ1) is 11.6. The normalized spacial score (nSPS) is 13.4. The Bertz CT molecular complexity index is 157. The predicted molar refractivity (Wildman–Crippen MR) is 54.8 cm³/mol. The van der Waals surface area contributed by atoms with Crippen LogP contribution in [0.25, 0.3) is 0 Å². The third-order valence-electron chi connectivity index (χ3n) is 1.95. The molecule has 3 N–H and O–H groups in total. The molecular formula is C8H18N2OS. The van der Waals surface area contributed by atoms with E-state index in [9.17, 15) is 0 Å². The van der Waals surface area contributed by atoms with Crippen molar-refractivity contribution in [1.29, 1.82) is 0 Å². The Morgan fingerprint density at radius 3 is 2.58 bits per heavy atom. The zero-order chi connectivity index (χ0) is 9.61. The van der Waals surface area contributed by atoms with Crippen molar-refractivity contribution < 1.29 is 5.21 Å². The Morgan fingerprint density at radius 2 is 2.17 bits per heavy atom. The minimum absolute atomic E-state index is 0.176. The molecule has 0 saturated heterocycles. The maximum atomic E-state index is 8.48. The number of nitrogens with two attached hydrogens (primary N) is 1. The molecule has 0 aliphatic heterocycles. The quantitative estimate of drug-likeness (QED) is 0.229.